The lowest BCUT2D eigenvalue weighted by Crippen LogP contribution is -2.36. The fourth-order valence-corrected chi connectivity index (χ4v) is 2.11. The summed E-state index contributed by atoms with van der Waals surface area (Å²) in [5.41, 5.74) is 3.51. The number of hydrogen-bond donors (Lipinski definition) is 1. The molecule has 1 unspecified atom stereocenters. The molecule has 1 atom stereocenters. The molecule has 6 nitrogen and oxygen atoms in total. The first-order chi connectivity index (χ1) is 13.5. The quantitative estimate of drug-likeness (QED) is 0.629. The van der Waals surface area contributed by atoms with E-state index in [4.69, 9.17) is 18.1 Å². The second kappa shape index (κ2) is 4.80. The summed E-state index contributed by atoms with van der Waals surface area (Å²) in [4.78, 5) is 41.5. The van der Waals surface area contributed by atoms with Gasteiger partial charge in [-0.2, -0.15) is 0 Å². The lowest BCUT2D eigenvalue weighted by atomic mass is 9.92. The number of aromatic nitrogens is 2. The Bertz CT molecular complexity index is 1170. The van der Waals surface area contributed by atoms with Crippen LogP contribution < -0.4 is 11.3 Å². The lowest BCUT2D eigenvalue weighted by molar-refractivity contribution is -0.132. The number of nitrogens with two attached hydrogens (primary N) is 1. The van der Waals surface area contributed by atoms with E-state index in [2.05, 4.69) is 4.98 Å². The molecule has 6 heteroatoms. The molecule has 3 rings (SSSR count). The van der Waals surface area contributed by atoms with Crippen LogP contribution in [0.4, 0.5) is 5.69 Å². The van der Waals surface area contributed by atoms with E-state index in [1.807, 2.05) is 0 Å². The number of fused-ring (bicyclic) bond motifs is 1. The molecule has 0 bridgehead atoms. The Morgan fingerprint density at radius 3 is 3.05 bits per heavy atom. The van der Waals surface area contributed by atoms with Crippen molar-refractivity contribution in [3.05, 3.63) is 34.3 Å². The molecule has 1 saturated carbocycles. The second-order valence-corrected chi connectivity index (χ2v) is 4.42. The summed E-state index contributed by atoms with van der Waals surface area (Å²) in [6, 6.07) is -2.31. The van der Waals surface area contributed by atoms with E-state index in [1.54, 1.807) is 0 Å². The number of nitrogen functional groups attached to an aromatic ring is 1. The molecule has 1 aromatic heterocycles. The van der Waals surface area contributed by atoms with Crippen molar-refractivity contribution in [3.8, 4) is 0 Å². The molecule has 1 aliphatic rings. The van der Waals surface area contributed by atoms with E-state index in [0.717, 1.165) is 6.07 Å². The van der Waals surface area contributed by atoms with Crippen LogP contribution in [-0.4, -0.2) is 21.1 Å². The van der Waals surface area contributed by atoms with Gasteiger partial charge in [0.2, 0.25) is 0 Å². The van der Waals surface area contributed by atoms with Crippen molar-refractivity contribution in [2.24, 2.45) is 0 Å². The Hall–Kier alpha value is -2.50. The predicted octanol–water partition coefficient (Wildman–Crippen LogP) is 1.15. The summed E-state index contributed by atoms with van der Waals surface area (Å²) < 4.78 is 70.7. The number of Topliss-reactive ketones (excluding diaryl/α,β-unsaturated/α-hetero) is 2. The molecular formula is C15H15N3O3. The van der Waals surface area contributed by atoms with Crippen LogP contribution in [0.1, 0.15) is 43.4 Å². The summed E-state index contributed by atoms with van der Waals surface area (Å²) in [6.45, 7) is -3.17. The number of aryl methyl sites for hydroxylation is 1. The van der Waals surface area contributed by atoms with E-state index < -0.39 is 83.7 Å². The average molecular weight is 294 g/mol. The monoisotopic (exact) mass is 294 g/mol. The molecule has 1 aliphatic carbocycles. The fourth-order valence-electron chi connectivity index (χ4n) is 2.11. The SMILES string of the molecule is [2H]c1cc([2H])c2nc(C([2H])([2H])[2H])n(C3C(=O)CC(=O)C([2H])([2H])C3([2H])[2H])c(=O)c2c1N. The van der Waals surface area contributed by atoms with Gasteiger partial charge in [-0.25, -0.2) is 4.98 Å². The zero-order chi connectivity index (χ0) is 23.0. The van der Waals surface area contributed by atoms with Crippen LogP contribution in [0.25, 0.3) is 10.9 Å². The topological polar surface area (TPSA) is 95.0 Å². The predicted molar refractivity (Wildman–Crippen MR) is 78.1 cm³/mol. The smallest absolute Gasteiger partial charge is 0.264 e. The van der Waals surface area contributed by atoms with Crippen LogP contribution in [-0.2, 0) is 9.59 Å². The second-order valence-electron chi connectivity index (χ2n) is 4.42. The molecule has 2 aromatic rings. The van der Waals surface area contributed by atoms with Crippen molar-refractivity contribution in [1.82, 2.24) is 9.55 Å². The third-order valence-electron chi connectivity index (χ3n) is 3.07. The van der Waals surface area contributed by atoms with Crippen molar-refractivity contribution < 1.29 is 21.9 Å². The summed E-state index contributed by atoms with van der Waals surface area (Å²) in [5.74, 6) is -3.61. The summed E-state index contributed by atoms with van der Waals surface area (Å²) in [5, 5.41) is -0.568. The number of ketones is 2. The van der Waals surface area contributed by atoms with Crippen molar-refractivity contribution in [2.45, 2.75) is 32.1 Å². The molecular weight excluding hydrogens is 270 g/mol. The molecule has 108 valence electrons. The van der Waals surface area contributed by atoms with Crippen molar-refractivity contribution >= 4 is 28.2 Å². The van der Waals surface area contributed by atoms with E-state index in [0.29, 0.717) is 0 Å². The molecule has 1 aromatic carbocycles. The first kappa shape index (κ1) is 6.51. The zero-order valence-corrected chi connectivity index (χ0v) is 10.6. The standard InChI is InChI=1S/C15H15N3O3/c1-8-17-11-4-2-3-10(16)14(11)15(21)18(8)12-6-5-9(19)7-13(12)20/h2-4,12H,5-7,16H2,1H3/i1D3,3D,4D,5D2,6D2. The number of rotatable bonds is 1. The Kier molecular flexibility index (Phi) is 1.49. The number of carbonyl (C=O) groups excluding carboxylic acids is 2. The van der Waals surface area contributed by atoms with Crippen LogP contribution in [0, 0.1) is 6.85 Å². The average Bonchev–Trinajstić information content (AvgIpc) is 2.58. The number of anilines is 1. The van der Waals surface area contributed by atoms with E-state index in [1.165, 1.54) is 0 Å². The van der Waals surface area contributed by atoms with Gasteiger partial charge in [0.1, 0.15) is 11.6 Å². The van der Waals surface area contributed by atoms with Gasteiger partial charge in [-0.3, -0.25) is 19.0 Å². The van der Waals surface area contributed by atoms with Gasteiger partial charge < -0.3 is 5.73 Å². The highest BCUT2D eigenvalue weighted by Gasteiger charge is 2.30. The Balaban J connectivity index is 2.53. The van der Waals surface area contributed by atoms with Crippen LogP contribution in [0.15, 0.2) is 22.9 Å². The molecule has 0 saturated heterocycles. The van der Waals surface area contributed by atoms with Gasteiger partial charge in [-0.05, 0) is 25.3 Å². The van der Waals surface area contributed by atoms with Crippen LogP contribution in [0.5, 0.6) is 0 Å². The van der Waals surface area contributed by atoms with E-state index >= 15 is 0 Å². The molecule has 1 heterocycles. The first-order valence-corrected chi connectivity index (χ1v) is 5.92. The molecule has 1 fully saturated rings. The molecule has 21 heavy (non-hydrogen) atoms. The molecule has 0 spiro atoms. The molecule has 2 N–H and O–H groups in total. The van der Waals surface area contributed by atoms with Gasteiger partial charge in [0, 0.05) is 21.7 Å². The Morgan fingerprint density at radius 1 is 1.48 bits per heavy atom. The highest BCUT2D eigenvalue weighted by atomic mass is 16.2. The zero-order valence-electron chi connectivity index (χ0n) is 19.6. The highest BCUT2D eigenvalue weighted by molar-refractivity contribution is 6.03. The van der Waals surface area contributed by atoms with Crippen molar-refractivity contribution in [2.75, 3.05) is 5.73 Å². The van der Waals surface area contributed by atoms with Crippen LogP contribution in [0.2, 0.25) is 0 Å². The summed E-state index contributed by atoms with van der Waals surface area (Å²) in [6.07, 6.45) is -7.55. The van der Waals surface area contributed by atoms with Gasteiger partial charge in [-0.15, -0.1) is 0 Å². The minimum absolute atomic E-state index is 0.192. The van der Waals surface area contributed by atoms with E-state index in [-0.39, 0.29) is 4.57 Å². The van der Waals surface area contributed by atoms with E-state index in [9.17, 15) is 14.4 Å². The van der Waals surface area contributed by atoms with Gasteiger partial charge >= 0.3 is 0 Å². The minimum Gasteiger partial charge on any atom is -0.398 e. The maximum atomic E-state index is 13.2. The third kappa shape index (κ3) is 2.12. The molecule has 0 amide bonds. The third-order valence-corrected chi connectivity index (χ3v) is 3.07. The van der Waals surface area contributed by atoms with Gasteiger partial charge in [-0.1, -0.05) is 6.07 Å². The largest absolute Gasteiger partial charge is 0.398 e. The van der Waals surface area contributed by atoms with Crippen LogP contribution in [0.3, 0.4) is 0 Å². The summed E-state index contributed by atoms with van der Waals surface area (Å²) >= 11 is 0. The Morgan fingerprint density at radius 2 is 2.29 bits per heavy atom. The van der Waals surface area contributed by atoms with Crippen molar-refractivity contribution in [3.63, 3.8) is 0 Å². The normalized spacial score (nSPS) is 30.9. The fraction of sp³-hybridized carbons (Fsp3) is 0.333. The maximum absolute atomic E-state index is 13.2. The van der Waals surface area contributed by atoms with Gasteiger partial charge in [0.05, 0.1) is 26.1 Å². The molecule has 0 radical (unpaired) electrons. The van der Waals surface area contributed by atoms with Crippen LogP contribution >= 0.6 is 0 Å². The Labute approximate surface area is 133 Å². The first-order valence-electron chi connectivity index (χ1n) is 10.4. The number of hydrogen-bond acceptors (Lipinski definition) is 5. The highest BCUT2D eigenvalue weighted by Crippen LogP contribution is 2.24. The number of benzene rings is 1. The van der Waals surface area contributed by atoms with Crippen molar-refractivity contribution in [1.29, 1.82) is 0 Å². The number of nitrogens with zero attached hydrogens (tertiary/aromatic N) is 2. The maximum Gasteiger partial charge on any atom is 0.264 e. The number of carbonyl (C=O) groups is 2. The van der Waals surface area contributed by atoms with Gasteiger partial charge in [0.15, 0.2) is 5.78 Å². The minimum atomic E-state index is -3.30. The summed E-state index contributed by atoms with van der Waals surface area (Å²) in [7, 11) is 0. The molecule has 0 aliphatic heterocycles. The lowest BCUT2D eigenvalue weighted by Gasteiger charge is -2.24. The van der Waals surface area contributed by atoms with Gasteiger partial charge in [0.25, 0.3) is 5.56 Å².